The van der Waals surface area contributed by atoms with Crippen molar-refractivity contribution < 1.29 is 4.74 Å². The maximum absolute atomic E-state index is 5.77. The van der Waals surface area contributed by atoms with E-state index < -0.39 is 0 Å². The van der Waals surface area contributed by atoms with Gasteiger partial charge >= 0.3 is 0 Å². The molecule has 1 aliphatic heterocycles. The van der Waals surface area contributed by atoms with Crippen LogP contribution in [-0.4, -0.2) is 16.2 Å². The van der Waals surface area contributed by atoms with Crippen molar-refractivity contribution in [1.82, 2.24) is 9.55 Å². The number of anilines is 1. The minimum absolute atomic E-state index is 0.387. The zero-order valence-corrected chi connectivity index (χ0v) is 14.2. The average Bonchev–Trinajstić information content (AvgIpc) is 3.01. The normalized spacial score (nSPS) is 13.4. The molecule has 112 valence electrons. The molecule has 0 saturated heterocycles. The smallest absolute Gasteiger partial charge is 0.203 e. The number of aryl methyl sites for hydroxylation is 1. The Bertz CT molecular complexity index is 664. The first-order valence-electron chi connectivity index (χ1n) is 7.28. The van der Waals surface area contributed by atoms with Crippen LogP contribution in [0.2, 0.25) is 0 Å². The first-order valence-corrected chi connectivity index (χ1v) is 8.07. The minimum atomic E-state index is 0.387. The van der Waals surface area contributed by atoms with Crippen molar-refractivity contribution in [1.29, 1.82) is 0 Å². The lowest BCUT2D eigenvalue weighted by Crippen LogP contribution is -2.09. The highest BCUT2D eigenvalue weighted by atomic mass is 79.9. The van der Waals surface area contributed by atoms with Gasteiger partial charge in [-0.1, -0.05) is 15.9 Å². The summed E-state index contributed by atoms with van der Waals surface area (Å²) in [4.78, 5) is 4.56. The van der Waals surface area contributed by atoms with Gasteiger partial charge in [-0.15, -0.1) is 0 Å². The molecule has 2 heterocycles. The summed E-state index contributed by atoms with van der Waals surface area (Å²) >= 11 is 3.58. The van der Waals surface area contributed by atoms with E-state index in [1.54, 1.807) is 0 Å². The highest BCUT2D eigenvalue weighted by Gasteiger charge is 2.18. The van der Waals surface area contributed by atoms with Crippen molar-refractivity contribution in [2.75, 3.05) is 11.9 Å². The van der Waals surface area contributed by atoms with E-state index in [2.05, 4.69) is 63.0 Å². The van der Waals surface area contributed by atoms with Crippen molar-refractivity contribution in [2.45, 2.75) is 39.8 Å². The number of benzene rings is 1. The third-order valence-corrected chi connectivity index (χ3v) is 4.13. The molecule has 0 amide bonds. The van der Waals surface area contributed by atoms with Crippen LogP contribution in [0.25, 0.3) is 0 Å². The predicted molar refractivity (Wildman–Crippen MR) is 88.0 cm³/mol. The maximum atomic E-state index is 5.77. The molecule has 4 nitrogen and oxygen atoms in total. The summed E-state index contributed by atoms with van der Waals surface area (Å²) in [6.45, 7) is 7.83. The van der Waals surface area contributed by atoms with Gasteiger partial charge in [0.25, 0.3) is 0 Å². The molecule has 1 N–H and O–H groups in total. The third-order valence-electron chi connectivity index (χ3n) is 3.67. The van der Waals surface area contributed by atoms with E-state index in [-0.39, 0.29) is 0 Å². The summed E-state index contributed by atoms with van der Waals surface area (Å²) in [5.41, 5.74) is 3.49. The Balaban J connectivity index is 1.83. The summed E-state index contributed by atoms with van der Waals surface area (Å²) in [6.07, 6.45) is 3.07. The van der Waals surface area contributed by atoms with E-state index in [0.29, 0.717) is 12.6 Å². The second-order valence-corrected chi connectivity index (χ2v) is 6.63. The van der Waals surface area contributed by atoms with Crippen LogP contribution in [0, 0.1) is 6.92 Å². The van der Waals surface area contributed by atoms with Gasteiger partial charge in [0.2, 0.25) is 5.95 Å². The van der Waals surface area contributed by atoms with Crippen molar-refractivity contribution in [3.05, 3.63) is 39.6 Å². The molecule has 0 fully saturated rings. The van der Waals surface area contributed by atoms with Crippen LogP contribution in [0.4, 0.5) is 5.95 Å². The van der Waals surface area contributed by atoms with Crippen LogP contribution in [0.3, 0.4) is 0 Å². The van der Waals surface area contributed by atoms with Crippen LogP contribution < -0.4 is 10.1 Å². The quantitative estimate of drug-likeness (QED) is 0.903. The van der Waals surface area contributed by atoms with Gasteiger partial charge in [-0.25, -0.2) is 4.98 Å². The second-order valence-electron chi connectivity index (χ2n) is 5.71. The summed E-state index contributed by atoms with van der Waals surface area (Å²) in [6, 6.07) is 4.65. The van der Waals surface area contributed by atoms with Gasteiger partial charge in [0.05, 0.1) is 12.3 Å². The fourth-order valence-corrected chi connectivity index (χ4v) is 3.24. The Labute approximate surface area is 133 Å². The summed E-state index contributed by atoms with van der Waals surface area (Å²) in [5.74, 6) is 1.94. The molecule has 0 aliphatic carbocycles. The van der Waals surface area contributed by atoms with Crippen molar-refractivity contribution in [2.24, 2.45) is 0 Å². The topological polar surface area (TPSA) is 39.1 Å². The lowest BCUT2D eigenvalue weighted by molar-refractivity contribution is 0.353. The number of halogens is 1. The number of hydrogen-bond acceptors (Lipinski definition) is 3. The van der Waals surface area contributed by atoms with E-state index in [4.69, 9.17) is 4.74 Å². The van der Waals surface area contributed by atoms with Gasteiger partial charge in [0.1, 0.15) is 5.75 Å². The molecule has 3 rings (SSSR count). The zero-order valence-electron chi connectivity index (χ0n) is 12.6. The Morgan fingerprint density at radius 3 is 3.00 bits per heavy atom. The Hall–Kier alpha value is -1.49. The highest BCUT2D eigenvalue weighted by Crippen LogP contribution is 2.33. The molecule has 0 atom stereocenters. The number of imidazole rings is 1. The second kappa shape index (κ2) is 5.72. The number of hydrogen-bond donors (Lipinski definition) is 1. The SMILES string of the molecule is Cc1cn(C(C)C)c(NCc2cc(Br)cc3c2OCC3)n1. The van der Waals surface area contributed by atoms with Crippen LogP contribution in [0.5, 0.6) is 5.75 Å². The third kappa shape index (κ3) is 2.93. The summed E-state index contributed by atoms with van der Waals surface area (Å²) in [7, 11) is 0. The van der Waals surface area contributed by atoms with E-state index >= 15 is 0 Å². The number of ether oxygens (including phenoxy) is 1. The number of rotatable bonds is 4. The lowest BCUT2D eigenvalue weighted by Gasteiger charge is -2.14. The number of fused-ring (bicyclic) bond motifs is 1. The average molecular weight is 350 g/mol. The molecule has 0 radical (unpaired) electrons. The molecule has 0 spiro atoms. The minimum Gasteiger partial charge on any atom is -0.493 e. The molecule has 0 bridgehead atoms. The molecule has 21 heavy (non-hydrogen) atoms. The van der Waals surface area contributed by atoms with Gasteiger partial charge in [0, 0.05) is 35.2 Å². The fourth-order valence-electron chi connectivity index (χ4n) is 2.69. The van der Waals surface area contributed by atoms with Crippen LogP contribution in [0.1, 0.15) is 36.7 Å². The molecular formula is C16H20BrN3O. The van der Waals surface area contributed by atoms with E-state index in [1.165, 1.54) is 11.1 Å². The van der Waals surface area contributed by atoms with Crippen LogP contribution >= 0.6 is 15.9 Å². The first kappa shape index (κ1) is 14.4. The van der Waals surface area contributed by atoms with Crippen molar-refractivity contribution in [3.63, 3.8) is 0 Å². The standard InChI is InChI=1S/C16H20BrN3O/c1-10(2)20-9-11(3)19-16(20)18-8-13-7-14(17)6-12-4-5-21-15(12)13/h6-7,9-10H,4-5,8H2,1-3H3,(H,18,19). The summed E-state index contributed by atoms with van der Waals surface area (Å²) in [5, 5.41) is 3.44. The molecule has 1 aromatic heterocycles. The monoisotopic (exact) mass is 349 g/mol. The summed E-state index contributed by atoms with van der Waals surface area (Å²) < 4.78 is 9.03. The molecular weight excluding hydrogens is 330 g/mol. The highest BCUT2D eigenvalue weighted by molar-refractivity contribution is 9.10. The zero-order chi connectivity index (χ0) is 15.0. The number of nitrogens with zero attached hydrogens (tertiary/aromatic N) is 2. The van der Waals surface area contributed by atoms with Crippen LogP contribution in [0.15, 0.2) is 22.8 Å². The maximum Gasteiger partial charge on any atom is 0.203 e. The van der Waals surface area contributed by atoms with E-state index in [1.807, 2.05) is 6.92 Å². The van der Waals surface area contributed by atoms with Gasteiger partial charge < -0.3 is 14.6 Å². The van der Waals surface area contributed by atoms with E-state index in [0.717, 1.165) is 34.9 Å². The van der Waals surface area contributed by atoms with Crippen molar-refractivity contribution >= 4 is 21.9 Å². The molecule has 0 unspecified atom stereocenters. The Kier molecular flexibility index (Phi) is 3.93. The van der Waals surface area contributed by atoms with Crippen molar-refractivity contribution in [3.8, 4) is 5.75 Å². The van der Waals surface area contributed by atoms with Gasteiger partial charge in [-0.3, -0.25) is 0 Å². The largest absolute Gasteiger partial charge is 0.493 e. The van der Waals surface area contributed by atoms with Gasteiger partial charge in [0.15, 0.2) is 0 Å². The number of nitrogens with one attached hydrogen (secondary N) is 1. The van der Waals surface area contributed by atoms with Crippen LogP contribution in [-0.2, 0) is 13.0 Å². The Morgan fingerprint density at radius 1 is 1.43 bits per heavy atom. The molecule has 2 aromatic rings. The number of aromatic nitrogens is 2. The molecule has 1 aliphatic rings. The molecule has 0 saturated carbocycles. The fraction of sp³-hybridized carbons (Fsp3) is 0.438. The lowest BCUT2D eigenvalue weighted by atomic mass is 10.1. The molecule has 5 heteroatoms. The molecule has 1 aromatic carbocycles. The first-order chi connectivity index (χ1) is 10.0. The van der Waals surface area contributed by atoms with E-state index in [9.17, 15) is 0 Å². The Morgan fingerprint density at radius 2 is 2.24 bits per heavy atom. The van der Waals surface area contributed by atoms with Gasteiger partial charge in [-0.2, -0.15) is 0 Å². The predicted octanol–water partition coefficient (Wildman–Crippen LogP) is 4.08. The van der Waals surface area contributed by atoms with Gasteiger partial charge in [-0.05, 0) is 38.5 Å².